The van der Waals surface area contributed by atoms with Crippen LogP contribution < -0.4 is 0 Å². The number of carbonyl (C=O) groups excluding carboxylic acids is 1. The molecule has 0 aromatic heterocycles. The van der Waals surface area contributed by atoms with Crippen molar-refractivity contribution in [2.24, 2.45) is 0 Å². The number of aliphatic hydroxyl groups is 7. The first-order valence-electron chi connectivity index (χ1n) is 6.95. The predicted octanol–water partition coefficient (Wildman–Crippen LogP) is -5.19. The Hall–Kier alpha value is -0.890. The maximum absolute atomic E-state index is 11.3. The van der Waals surface area contributed by atoms with Crippen molar-refractivity contribution in [1.29, 1.82) is 0 Å². The number of hydrogen-bond donors (Lipinski definition) is 7. The Bertz CT molecular complexity index is 414. The third kappa shape index (κ3) is 3.47. The summed E-state index contributed by atoms with van der Waals surface area (Å²) in [6, 6.07) is 0. The number of ether oxygens (including phenoxy) is 3. The Morgan fingerprint density at radius 2 is 1.48 bits per heavy atom. The lowest BCUT2D eigenvalue weighted by molar-refractivity contribution is -0.331. The molecule has 2 rings (SSSR count). The molecule has 0 aliphatic carbocycles. The molecule has 0 aromatic carbocycles. The molecule has 0 saturated carbocycles. The van der Waals surface area contributed by atoms with Crippen molar-refractivity contribution in [2.45, 2.75) is 55.1 Å². The molecule has 0 bridgehead atoms. The zero-order valence-corrected chi connectivity index (χ0v) is 11.9. The average Bonchev–Trinajstić information content (AvgIpc) is 2.55. The normalized spacial score (nSPS) is 48.1. The van der Waals surface area contributed by atoms with Crippen LogP contribution in [0.4, 0.5) is 0 Å². The van der Waals surface area contributed by atoms with Crippen LogP contribution in [-0.2, 0) is 19.0 Å². The fourth-order valence-electron chi connectivity index (χ4n) is 2.47. The molecule has 134 valence electrons. The van der Waals surface area contributed by atoms with E-state index >= 15 is 0 Å². The van der Waals surface area contributed by atoms with Crippen molar-refractivity contribution in [2.75, 3.05) is 13.2 Å². The summed E-state index contributed by atoms with van der Waals surface area (Å²) in [5, 5.41) is 66.8. The second-order valence-electron chi connectivity index (χ2n) is 5.39. The minimum Gasteiger partial charge on any atom is -0.455 e. The van der Waals surface area contributed by atoms with Gasteiger partial charge in [-0.2, -0.15) is 0 Å². The van der Waals surface area contributed by atoms with Crippen LogP contribution in [0.2, 0.25) is 0 Å². The number of hydrogen-bond acceptors (Lipinski definition) is 11. The Morgan fingerprint density at radius 3 is 2.04 bits per heavy atom. The second-order valence-corrected chi connectivity index (χ2v) is 5.39. The smallest absolute Gasteiger partial charge is 0.338 e. The van der Waals surface area contributed by atoms with Gasteiger partial charge in [-0.25, -0.2) is 4.79 Å². The van der Waals surface area contributed by atoms with Gasteiger partial charge in [0.25, 0.3) is 0 Å². The number of carbonyl (C=O) groups is 1. The first-order chi connectivity index (χ1) is 10.8. The van der Waals surface area contributed by atoms with Gasteiger partial charge >= 0.3 is 5.97 Å². The minimum absolute atomic E-state index is 0.681. The van der Waals surface area contributed by atoms with E-state index in [-0.39, 0.29) is 0 Å². The fraction of sp³-hybridized carbons (Fsp3) is 0.917. The summed E-state index contributed by atoms with van der Waals surface area (Å²) in [4.78, 5) is 11.3. The van der Waals surface area contributed by atoms with E-state index in [1.165, 1.54) is 0 Å². The lowest BCUT2D eigenvalue weighted by atomic mass is 9.97. The highest BCUT2D eigenvalue weighted by atomic mass is 16.7. The highest BCUT2D eigenvalue weighted by Gasteiger charge is 2.50. The zero-order valence-electron chi connectivity index (χ0n) is 11.9. The summed E-state index contributed by atoms with van der Waals surface area (Å²) in [5.74, 6) is -1.15. The van der Waals surface area contributed by atoms with Crippen LogP contribution in [0.3, 0.4) is 0 Å². The average molecular weight is 340 g/mol. The van der Waals surface area contributed by atoms with E-state index in [4.69, 9.17) is 14.6 Å². The molecule has 2 heterocycles. The van der Waals surface area contributed by atoms with Crippen LogP contribution in [-0.4, -0.2) is 110 Å². The Balaban J connectivity index is 2.13. The van der Waals surface area contributed by atoms with Crippen LogP contribution >= 0.6 is 0 Å². The van der Waals surface area contributed by atoms with Gasteiger partial charge in [0, 0.05) is 0 Å². The molecule has 0 radical (unpaired) electrons. The van der Waals surface area contributed by atoms with Crippen LogP contribution in [0.25, 0.3) is 0 Å². The van der Waals surface area contributed by atoms with Crippen molar-refractivity contribution in [3.8, 4) is 0 Å². The Labute approximate surface area is 130 Å². The highest BCUT2D eigenvalue weighted by Crippen LogP contribution is 2.27. The van der Waals surface area contributed by atoms with Gasteiger partial charge in [0.2, 0.25) is 0 Å². The highest BCUT2D eigenvalue weighted by molar-refractivity contribution is 5.76. The molecule has 23 heavy (non-hydrogen) atoms. The van der Waals surface area contributed by atoms with Gasteiger partial charge < -0.3 is 50.0 Å². The summed E-state index contributed by atoms with van der Waals surface area (Å²) >= 11 is 0. The lowest BCUT2D eigenvalue weighted by Gasteiger charge is -2.43. The van der Waals surface area contributed by atoms with Crippen molar-refractivity contribution in [3.63, 3.8) is 0 Å². The van der Waals surface area contributed by atoms with Gasteiger partial charge in [-0.05, 0) is 0 Å². The summed E-state index contributed by atoms with van der Waals surface area (Å²) in [5.41, 5.74) is 0. The van der Waals surface area contributed by atoms with Gasteiger partial charge in [0.15, 0.2) is 18.5 Å². The maximum atomic E-state index is 11.3. The Kier molecular flexibility index (Phi) is 5.89. The molecule has 2 saturated heterocycles. The van der Waals surface area contributed by atoms with Gasteiger partial charge in [-0.3, -0.25) is 0 Å². The standard InChI is InChI=1S/C12H20O11/c13-1-3-5(15)6(16)9(19)12(22-3)23-10-4(2-14)21-11(20)8(18)7(10)17/h3-10,12-19H,1-2H2/t3-,4-,5+,6?,7+,8-,9-,10+,12-/m1/s1. The fourth-order valence-corrected chi connectivity index (χ4v) is 2.47. The molecule has 0 spiro atoms. The van der Waals surface area contributed by atoms with E-state index in [1.54, 1.807) is 0 Å². The summed E-state index contributed by atoms with van der Waals surface area (Å²) in [6.45, 7) is -1.42. The van der Waals surface area contributed by atoms with E-state index in [0.717, 1.165) is 0 Å². The number of rotatable bonds is 4. The molecule has 2 fully saturated rings. The van der Waals surface area contributed by atoms with Crippen LogP contribution in [0, 0.1) is 0 Å². The quantitative estimate of drug-likeness (QED) is 0.242. The summed E-state index contributed by atoms with van der Waals surface area (Å²) in [6.07, 6.45) is -14.4. The Morgan fingerprint density at radius 1 is 0.870 bits per heavy atom. The minimum atomic E-state index is -1.92. The molecule has 11 nitrogen and oxygen atoms in total. The predicted molar refractivity (Wildman–Crippen MR) is 67.6 cm³/mol. The molecule has 0 aromatic rings. The third-order valence-electron chi connectivity index (χ3n) is 3.86. The monoisotopic (exact) mass is 340 g/mol. The van der Waals surface area contributed by atoms with E-state index in [0.29, 0.717) is 0 Å². The topological polar surface area (TPSA) is 186 Å². The summed E-state index contributed by atoms with van der Waals surface area (Å²) in [7, 11) is 0. The van der Waals surface area contributed by atoms with E-state index in [2.05, 4.69) is 4.74 Å². The third-order valence-corrected chi connectivity index (χ3v) is 3.86. The van der Waals surface area contributed by atoms with Crippen LogP contribution in [0.1, 0.15) is 0 Å². The van der Waals surface area contributed by atoms with Gasteiger partial charge in [0.05, 0.1) is 13.2 Å². The number of esters is 1. The summed E-state index contributed by atoms with van der Waals surface area (Å²) < 4.78 is 15.0. The molecule has 0 amide bonds. The van der Waals surface area contributed by atoms with Crippen molar-refractivity contribution in [3.05, 3.63) is 0 Å². The molecule has 2 aliphatic rings. The molecule has 7 N–H and O–H groups in total. The molecule has 2 aliphatic heterocycles. The van der Waals surface area contributed by atoms with Gasteiger partial charge in [-0.15, -0.1) is 0 Å². The van der Waals surface area contributed by atoms with Gasteiger partial charge in [-0.1, -0.05) is 0 Å². The molecule has 11 heteroatoms. The SMILES string of the molecule is O=C1O[C@H](CO)[C@H](O[C@H]2O[C@H](CO)[C@H](O)C(O)[C@H]2O)[C@@H](O)[C@H]1O. The second kappa shape index (κ2) is 7.34. The molecular weight excluding hydrogens is 320 g/mol. The number of aliphatic hydroxyl groups excluding tert-OH is 7. The first-order valence-corrected chi connectivity index (χ1v) is 6.95. The molecule has 1 unspecified atom stereocenters. The lowest BCUT2D eigenvalue weighted by Crippen LogP contribution is -2.63. The largest absolute Gasteiger partial charge is 0.455 e. The number of cyclic esters (lactones) is 1. The molecular formula is C12H20O11. The zero-order chi connectivity index (χ0) is 17.3. The van der Waals surface area contributed by atoms with Crippen LogP contribution in [0.5, 0.6) is 0 Å². The van der Waals surface area contributed by atoms with Crippen molar-refractivity contribution in [1.82, 2.24) is 0 Å². The van der Waals surface area contributed by atoms with E-state index in [9.17, 15) is 35.4 Å². The van der Waals surface area contributed by atoms with E-state index < -0.39 is 74.3 Å². The van der Waals surface area contributed by atoms with E-state index in [1.807, 2.05) is 0 Å². The van der Waals surface area contributed by atoms with Gasteiger partial charge in [0.1, 0.15) is 36.6 Å². The van der Waals surface area contributed by atoms with Crippen LogP contribution in [0.15, 0.2) is 0 Å². The first kappa shape index (κ1) is 18.4. The maximum Gasteiger partial charge on any atom is 0.338 e. The molecule has 9 atom stereocenters. The van der Waals surface area contributed by atoms with Crippen molar-refractivity contribution < 1.29 is 54.8 Å². The van der Waals surface area contributed by atoms with Crippen molar-refractivity contribution >= 4 is 5.97 Å².